The van der Waals surface area contributed by atoms with Gasteiger partial charge in [0.1, 0.15) is 6.79 Å². The molecule has 0 aliphatic heterocycles. The van der Waals surface area contributed by atoms with Gasteiger partial charge in [0.2, 0.25) is 11.6 Å². The van der Waals surface area contributed by atoms with E-state index in [0.717, 1.165) is 0 Å². The van der Waals surface area contributed by atoms with E-state index in [2.05, 4.69) is 0 Å². The van der Waals surface area contributed by atoms with Crippen molar-refractivity contribution in [2.75, 3.05) is 28.4 Å². The number of hydrogen-bond donors (Lipinski definition) is 0. The molecule has 0 saturated carbocycles. The van der Waals surface area contributed by atoms with Crippen LogP contribution in [0, 0.1) is 0 Å². The van der Waals surface area contributed by atoms with Gasteiger partial charge in [0, 0.05) is 50.7 Å². The first-order valence-electron chi connectivity index (χ1n) is 12.3. The van der Waals surface area contributed by atoms with Gasteiger partial charge >= 0.3 is 0 Å². The zero-order valence-corrected chi connectivity index (χ0v) is 23.1. The lowest BCUT2D eigenvalue weighted by Crippen LogP contribution is -2.39. The van der Waals surface area contributed by atoms with Crippen molar-refractivity contribution in [1.29, 1.82) is 0 Å². The van der Waals surface area contributed by atoms with Crippen LogP contribution in [-0.4, -0.2) is 46.8 Å². The van der Waals surface area contributed by atoms with Crippen molar-refractivity contribution in [3.05, 3.63) is 144 Å². The smallest absolute Gasteiger partial charge is 0.260 e. The van der Waals surface area contributed by atoms with E-state index < -0.39 is 11.6 Å². The third kappa shape index (κ3) is 7.02. The minimum absolute atomic E-state index is 0.218. The van der Waals surface area contributed by atoms with Crippen LogP contribution in [0.1, 0.15) is 31.8 Å². The molecule has 0 spiro atoms. The van der Waals surface area contributed by atoms with Gasteiger partial charge in [-0.15, -0.1) is 0 Å². The van der Waals surface area contributed by atoms with Crippen LogP contribution in [0.15, 0.2) is 121 Å². The van der Waals surface area contributed by atoms with Crippen LogP contribution in [0.25, 0.3) is 0 Å². The average molecular weight is 543 g/mol. The van der Waals surface area contributed by atoms with Gasteiger partial charge in [-0.3, -0.25) is 9.59 Å². The lowest BCUT2D eigenvalue weighted by Gasteiger charge is -2.29. The fourth-order valence-electron chi connectivity index (χ4n) is 4.15. The topological polar surface area (TPSA) is 88.1 Å². The summed E-state index contributed by atoms with van der Waals surface area (Å²) in [5, 5.41) is 0. The number of hydrogen-bond acceptors (Lipinski definition) is 7. The molecule has 0 unspecified atom stereocenters. The highest BCUT2D eigenvalue weighted by Crippen LogP contribution is 2.31. The molecule has 4 aromatic carbocycles. The summed E-state index contributed by atoms with van der Waals surface area (Å²) in [5.74, 6) is -3.24. The molecule has 0 aliphatic carbocycles. The molecule has 0 amide bonds. The van der Waals surface area contributed by atoms with Gasteiger partial charge in [0.25, 0.3) is 11.6 Å². The van der Waals surface area contributed by atoms with Crippen molar-refractivity contribution < 1.29 is 33.3 Å². The largest absolute Gasteiger partial charge is 0.343 e. The number of ketones is 2. The molecule has 4 aromatic rings. The third-order valence-electron chi connectivity index (χ3n) is 6.13. The molecule has 7 nitrogen and oxygen atoms in total. The van der Waals surface area contributed by atoms with Crippen LogP contribution in [0.3, 0.4) is 0 Å². The summed E-state index contributed by atoms with van der Waals surface area (Å²) in [5.41, 5.74) is 2.45. The Bertz CT molecular complexity index is 1180. The molecule has 0 aromatic heterocycles. The van der Waals surface area contributed by atoms with Crippen molar-refractivity contribution >= 4 is 18.4 Å². The Hall–Kier alpha value is -4.27. The molecule has 40 heavy (non-hydrogen) atoms. The van der Waals surface area contributed by atoms with E-state index in [9.17, 15) is 9.59 Å². The first-order chi connectivity index (χ1) is 19.5. The predicted molar refractivity (Wildman–Crippen MR) is 153 cm³/mol. The van der Waals surface area contributed by atoms with E-state index in [4.69, 9.17) is 23.7 Å². The molecule has 0 atom stereocenters. The molecule has 0 bridgehead atoms. The Balaban J connectivity index is 0.000000264. The fourth-order valence-corrected chi connectivity index (χ4v) is 4.15. The first kappa shape index (κ1) is 31.9. The van der Waals surface area contributed by atoms with Crippen LogP contribution < -0.4 is 0 Å². The fraction of sp³-hybridized carbons (Fsp3) is 0.182. The molecule has 0 heterocycles. The molecular weight excluding hydrogens is 508 g/mol. The van der Waals surface area contributed by atoms with Gasteiger partial charge in [-0.1, -0.05) is 121 Å². The number of benzene rings is 4. The Labute approximate surface area is 235 Å². The SMILES string of the molecule is C=O.COC(OC)(C(=O)c1ccccc1)c1ccccc1.COC(OC)(C(=O)c1ccccc1)c1ccccc1. The molecule has 0 fully saturated rings. The Morgan fingerprint density at radius 2 is 0.675 bits per heavy atom. The van der Waals surface area contributed by atoms with Gasteiger partial charge in [0.15, 0.2) is 0 Å². The Morgan fingerprint density at radius 3 is 0.900 bits per heavy atom. The van der Waals surface area contributed by atoms with Gasteiger partial charge in [-0.2, -0.15) is 0 Å². The van der Waals surface area contributed by atoms with Gasteiger partial charge < -0.3 is 23.7 Å². The lowest BCUT2D eigenvalue weighted by molar-refractivity contribution is -0.176. The normalized spacial score (nSPS) is 10.8. The van der Waals surface area contributed by atoms with Crippen molar-refractivity contribution in [2.45, 2.75) is 11.6 Å². The Kier molecular flexibility index (Phi) is 12.8. The second-order valence-corrected chi connectivity index (χ2v) is 8.17. The molecule has 7 heteroatoms. The van der Waals surface area contributed by atoms with Gasteiger partial charge in [0.05, 0.1) is 0 Å². The molecular formula is C33H34O7. The number of carbonyl (C=O) groups excluding carboxylic acids is 3. The highest BCUT2D eigenvalue weighted by molar-refractivity contribution is 6.02. The zero-order chi connectivity index (χ0) is 29.4. The van der Waals surface area contributed by atoms with Crippen molar-refractivity contribution in [3.63, 3.8) is 0 Å². The van der Waals surface area contributed by atoms with Gasteiger partial charge in [-0.05, 0) is 0 Å². The number of rotatable bonds is 10. The summed E-state index contributed by atoms with van der Waals surface area (Å²) in [7, 11) is 5.88. The second-order valence-electron chi connectivity index (χ2n) is 8.17. The van der Waals surface area contributed by atoms with E-state index in [0.29, 0.717) is 22.3 Å². The van der Waals surface area contributed by atoms with Crippen LogP contribution >= 0.6 is 0 Å². The summed E-state index contributed by atoms with van der Waals surface area (Å²) in [4.78, 5) is 33.4. The average Bonchev–Trinajstić information content (AvgIpc) is 3.06. The number of carbonyl (C=O) groups is 3. The van der Waals surface area contributed by atoms with Crippen molar-refractivity contribution in [2.24, 2.45) is 0 Å². The van der Waals surface area contributed by atoms with Crippen LogP contribution in [0.5, 0.6) is 0 Å². The lowest BCUT2D eigenvalue weighted by atomic mass is 9.96. The number of methoxy groups -OCH3 is 4. The maximum absolute atomic E-state index is 12.7. The Morgan fingerprint density at radius 1 is 0.450 bits per heavy atom. The minimum atomic E-state index is -1.40. The minimum Gasteiger partial charge on any atom is -0.343 e. The highest BCUT2D eigenvalue weighted by Gasteiger charge is 2.42. The maximum atomic E-state index is 12.7. The molecule has 0 aliphatic rings. The van der Waals surface area contributed by atoms with E-state index >= 15 is 0 Å². The van der Waals surface area contributed by atoms with E-state index in [1.54, 1.807) is 24.3 Å². The number of ether oxygens (including phenoxy) is 4. The third-order valence-corrected chi connectivity index (χ3v) is 6.13. The monoisotopic (exact) mass is 542 g/mol. The van der Waals surface area contributed by atoms with Crippen LogP contribution in [0.4, 0.5) is 0 Å². The molecule has 4 rings (SSSR count). The molecule has 0 N–H and O–H groups in total. The second kappa shape index (κ2) is 16.0. The summed E-state index contributed by atoms with van der Waals surface area (Å²) in [6.45, 7) is 2.00. The van der Waals surface area contributed by atoms with Crippen LogP contribution in [-0.2, 0) is 35.3 Å². The molecule has 0 radical (unpaired) electrons. The first-order valence-corrected chi connectivity index (χ1v) is 12.3. The summed E-state index contributed by atoms with van der Waals surface area (Å²) < 4.78 is 21.7. The molecule has 208 valence electrons. The summed E-state index contributed by atoms with van der Waals surface area (Å²) in [6.07, 6.45) is 0. The quantitative estimate of drug-likeness (QED) is 0.184. The van der Waals surface area contributed by atoms with E-state index in [-0.39, 0.29) is 11.6 Å². The zero-order valence-electron chi connectivity index (χ0n) is 23.1. The standard InChI is InChI=1S/2C16H16O3.CH2O/c2*1-18-16(19-2,14-11-7-4-8-12-14)15(17)13-9-5-3-6-10-13;1-2/h2*3-12H,1-2H3;1H2. The summed E-state index contributed by atoms with van der Waals surface area (Å²) in [6, 6.07) is 36.4. The number of Topliss-reactive ketones (excluding diaryl/α,β-unsaturated/α-hetero) is 2. The highest BCUT2D eigenvalue weighted by atomic mass is 16.7. The molecule has 0 saturated heterocycles. The van der Waals surface area contributed by atoms with Crippen molar-refractivity contribution in [1.82, 2.24) is 0 Å². The van der Waals surface area contributed by atoms with E-state index in [1.165, 1.54) is 28.4 Å². The van der Waals surface area contributed by atoms with E-state index in [1.807, 2.05) is 104 Å². The predicted octanol–water partition coefficient (Wildman–Crippen LogP) is 5.85. The summed E-state index contributed by atoms with van der Waals surface area (Å²) >= 11 is 0. The van der Waals surface area contributed by atoms with Crippen molar-refractivity contribution in [3.8, 4) is 0 Å². The van der Waals surface area contributed by atoms with Gasteiger partial charge in [-0.25, -0.2) is 0 Å². The maximum Gasteiger partial charge on any atom is 0.260 e. The van der Waals surface area contributed by atoms with Crippen LogP contribution in [0.2, 0.25) is 0 Å².